The molecule has 2 atom stereocenters. The van der Waals surface area contributed by atoms with Crippen molar-refractivity contribution in [1.82, 2.24) is 19.7 Å². The number of fused-ring (bicyclic) bond motifs is 1. The van der Waals surface area contributed by atoms with Crippen molar-refractivity contribution in [2.45, 2.75) is 39.1 Å². The largest absolute Gasteiger partial charge is 0.481 e. The summed E-state index contributed by atoms with van der Waals surface area (Å²) in [4.78, 5) is 25.4. The summed E-state index contributed by atoms with van der Waals surface area (Å²) in [7, 11) is 0. The SMILES string of the molecule is Cc1nnc2n1CC(C(=O)O)N(C(=O)C(C)Oc1ccc(F)c(F)c1)C2. The third-order valence-electron chi connectivity index (χ3n) is 4.18. The maximum atomic E-state index is 13.3. The number of carbonyl (C=O) groups is 2. The molecule has 0 bridgehead atoms. The van der Waals surface area contributed by atoms with Gasteiger partial charge in [-0.2, -0.15) is 0 Å². The lowest BCUT2D eigenvalue weighted by molar-refractivity contribution is -0.155. The van der Waals surface area contributed by atoms with Gasteiger partial charge in [-0.1, -0.05) is 0 Å². The number of amides is 1. The van der Waals surface area contributed by atoms with E-state index in [0.29, 0.717) is 11.6 Å². The first-order valence-corrected chi connectivity index (χ1v) is 7.81. The molecule has 0 saturated heterocycles. The summed E-state index contributed by atoms with van der Waals surface area (Å²) in [5, 5.41) is 17.3. The van der Waals surface area contributed by atoms with E-state index in [2.05, 4.69) is 10.2 Å². The van der Waals surface area contributed by atoms with Gasteiger partial charge < -0.3 is 19.3 Å². The minimum atomic E-state index is -1.17. The number of aryl methyl sites for hydroxylation is 1. The lowest BCUT2D eigenvalue weighted by Crippen LogP contribution is -2.54. The third-order valence-corrected chi connectivity index (χ3v) is 4.18. The number of carbonyl (C=O) groups excluding carboxylic acids is 1. The van der Waals surface area contributed by atoms with Crippen molar-refractivity contribution in [1.29, 1.82) is 0 Å². The number of carboxylic acid groups (broad SMARTS) is 1. The maximum absolute atomic E-state index is 13.3. The first-order valence-electron chi connectivity index (χ1n) is 7.81. The number of rotatable bonds is 4. The highest BCUT2D eigenvalue weighted by Crippen LogP contribution is 2.21. The number of carboxylic acids is 1. The van der Waals surface area contributed by atoms with Crippen LogP contribution in [0.2, 0.25) is 0 Å². The number of benzene rings is 1. The molecule has 0 saturated carbocycles. The number of hydrogen-bond acceptors (Lipinski definition) is 5. The zero-order valence-electron chi connectivity index (χ0n) is 14.0. The van der Waals surface area contributed by atoms with Gasteiger partial charge in [0.05, 0.1) is 13.1 Å². The summed E-state index contributed by atoms with van der Waals surface area (Å²) in [5.74, 6) is -2.92. The first-order chi connectivity index (χ1) is 12.3. The number of aromatic nitrogens is 3. The first kappa shape index (κ1) is 17.8. The van der Waals surface area contributed by atoms with Crippen LogP contribution in [0.15, 0.2) is 18.2 Å². The van der Waals surface area contributed by atoms with Gasteiger partial charge in [0.2, 0.25) is 0 Å². The zero-order valence-corrected chi connectivity index (χ0v) is 14.0. The molecule has 26 heavy (non-hydrogen) atoms. The Morgan fingerprint density at radius 3 is 2.69 bits per heavy atom. The Morgan fingerprint density at radius 2 is 2.04 bits per heavy atom. The van der Waals surface area contributed by atoms with Crippen LogP contribution < -0.4 is 4.74 Å². The number of aliphatic carboxylic acids is 1. The van der Waals surface area contributed by atoms with Crippen LogP contribution in [0.4, 0.5) is 8.78 Å². The van der Waals surface area contributed by atoms with Crippen LogP contribution in [0.25, 0.3) is 0 Å². The lowest BCUT2D eigenvalue weighted by Gasteiger charge is -2.34. The molecular weight excluding hydrogens is 350 g/mol. The molecule has 10 heteroatoms. The van der Waals surface area contributed by atoms with Gasteiger partial charge in [-0.3, -0.25) is 4.79 Å². The smallest absolute Gasteiger partial charge is 0.328 e. The van der Waals surface area contributed by atoms with Gasteiger partial charge in [0, 0.05) is 6.07 Å². The Bertz CT molecular complexity index is 870. The van der Waals surface area contributed by atoms with E-state index < -0.39 is 35.7 Å². The van der Waals surface area contributed by atoms with Gasteiger partial charge in [-0.25, -0.2) is 13.6 Å². The molecule has 1 aromatic heterocycles. The van der Waals surface area contributed by atoms with E-state index in [9.17, 15) is 23.5 Å². The molecule has 1 aromatic carbocycles. The van der Waals surface area contributed by atoms with E-state index in [1.165, 1.54) is 13.0 Å². The topological polar surface area (TPSA) is 97.5 Å². The molecule has 138 valence electrons. The minimum absolute atomic E-state index is 0.0210. The second-order valence-corrected chi connectivity index (χ2v) is 5.93. The van der Waals surface area contributed by atoms with E-state index in [-0.39, 0.29) is 18.8 Å². The predicted molar refractivity (Wildman–Crippen MR) is 83.2 cm³/mol. The van der Waals surface area contributed by atoms with Gasteiger partial charge in [0.15, 0.2) is 23.6 Å². The van der Waals surface area contributed by atoms with Gasteiger partial charge in [0.1, 0.15) is 17.6 Å². The second-order valence-electron chi connectivity index (χ2n) is 5.93. The molecule has 2 heterocycles. The molecule has 3 rings (SSSR count). The van der Waals surface area contributed by atoms with E-state index >= 15 is 0 Å². The predicted octanol–water partition coefficient (Wildman–Crippen LogP) is 1.13. The monoisotopic (exact) mass is 366 g/mol. The average Bonchev–Trinajstić information content (AvgIpc) is 2.96. The summed E-state index contributed by atoms with van der Waals surface area (Å²) >= 11 is 0. The van der Waals surface area contributed by atoms with Crippen molar-refractivity contribution in [2.75, 3.05) is 0 Å². The Kier molecular flexibility index (Phi) is 4.58. The van der Waals surface area contributed by atoms with Crippen LogP contribution in [0.5, 0.6) is 5.75 Å². The normalized spacial score (nSPS) is 17.5. The van der Waals surface area contributed by atoms with E-state index in [1.54, 1.807) is 11.5 Å². The van der Waals surface area contributed by atoms with E-state index in [1.807, 2.05) is 0 Å². The van der Waals surface area contributed by atoms with Crippen molar-refractivity contribution in [3.05, 3.63) is 41.5 Å². The standard InChI is InChI=1S/C16H16F2N4O4/c1-8(26-10-3-4-11(17)12(18)5-10)15(23)22-7-14-20-19-9(2)21(14)6-13(22)16(24)25/h3-5,8,13H,6-7H2,1-2H3,(H,24,25). The highest BCUT2D eigenvalue weighted by Gasteiger charge is 2.38. The fourth-order valence-electron chi connectivity index (χ4n) is 2.79. The molecule has 1 N–H and O–H groups in total. The molecule has 0 radical (unpaired) electrons. The Hall–Kier alpha value is -3.04. The molecule has 2 unspecified atom stereocenters. The molecule has 8 nitrogen and oxygen atoms in total. The van der Waals surface area contributed by atoms with Gasteiger partial charge in [-0.05, 0) is 26.0 Å². The summed E-state index contributed by atoms with van der Waals surface area (Å²) in [6.45, 7) is 3.09. The van der Waals surface area contributed by atoms with Crippen molar-refractivity contribution in [3.63, 3.8) is 0 Å². The van der Waals surface area contributed by atoms with Crippen LogP contribution in [0, 0.1) is 18.6 Å². The van der Waals surface area contributed by atoms with Gasteiger partial charge in [0.25, 0.3) is 5.91 Å². The molecule has 1 aliphatic rings. The minimum Gasteiger partial charge on any atom is -0.481 e. The van der Waals surface area contributed by atoms with Crippen LogP contribution in [0.1, 0.15) is 18.6 Å². The Balaban J connectivity index is 1.80. The molecule has 0 aliphatic carbocycles. The fourth-order valence-corrected chi connectivity index (χ4v) is 2.79. The zero-order chi connectivity index (χ0) is 19.0. The second kappa shape index (κ2) is 6.70. The highest BCUT2D eigenvalue weighted by molar-refractivity contribution is 5.86. The van der Waals surface area contributed by atoms with Crippen molar-refractivity contribution < 1.29 is 28.2 Å². The summed E-state index contributed by atoms with van der Waals surface area (Å²) in [6, 6.07) is 1.78. The van der Waals surface area contributed by atoms with Crippen molar-refractivity contribution >= 4 is 11.9 Å². The quantitative estimate of drug-likeness (QED) is 0.871. The van der Waals surface area contributed by atoms with Crippen molar-refractivity contribution in [3.8, 4) is 5.75 Å². The van der Waals surface area contributed by atoms with Crippen LogP contribution in [-0.4, -0.2) is 48.8 Å². The van der Waals surface area contributed by atoms with Crippen LogP contribution >= 0.6 is 0 Å². The summed E-state index contributed by atoms with van der Waals surface area (Å²) < 4.78 is 33.3. The summed E-state index contributed by atoms with van der Waals surface area (Å²) in [6.07, 6.45) is -1.10. The maximum Gasteiger partial charge on any atom is 0.328 e. The van der Waals surface area contributed by atoms with E-state index in [0.717, 1.165) is 17.0 Å². The Morgan fingerprint density at radius 1 is 1.31 bits per heavy atom. The molecular formula is C16H16F2N4O4. The lowest BCUT2D eigenvalue weighted by atomic mass is 10.1. The van der Waals surface area contributed by atoms with E-state index in [4.69, 9.17) is 4.74 Å². The van der Waals surface area contributed by atoms with Gasteiger partial charge in [-0.15, -0.1) is 10.2 Å². The Labute approximate surface area is 147 Å². The third kappa shape index (κ3) is 3.22. The fraction of sp³-hybridized carbons (Fsp3) is 0.375. The molecule has 0 spiro atoms. The number of hydrogen-bond donors (Lipinski definition) is 1. The molecule has 2 aromatic rings. The number of ether oxygens (including phenoxy) is 1. The van der Waals surface area contributed by atoms with Crippen molar-refractivity contribution in [2.24, 2.45) is 0 Å². The average molecular weight is 366 g/mol. The highest BCUT2D eigenvalue weighted by atomic mass is 19.2. The number of halogens is 2. The summed E-state index contributed by atoms with van der Waals surface area (Å²) in [5.41, 5.74) is 0. The van der Waals surface area contributed by atoms with Crippen LogP contribution in [-0.2, 0) is 22.7 Å². The molecule has 1 aliphatic heterocycles. The molecule has 0 fully saturated rings. The number of nitrogens with zero attached hydrogens (tertiary/aromatic N) is 4. The molecule has 1 amide bonds. The van der Waals surface area contributed by atoms with Gasteiger partial charge >= 0.3 is 5.97 Å². The van der Waals surface area contributed by atoms with Crippen LogP contribution in [0.3, 0.4) is 0 Å².